The highest BCUT2D eigenvalue weighted by molar-refractivity contribution is 6.30. The largest absolute Gasteiger partial charge is 0.324 e. The van der Waals surface area contributed by atoms with Gasteiger partial charge in [0.25, 0.3) is 0 Å². The Hall–Kier alpha value is -1.88. The predicted octanol–water partition coefficient (Wildman–Crippen LogP) is 1.74. The molecule has 0 unspecified atom stereocenters. The number of amides is 3. The zero-order valence-corrected chi connectivity index (χ0v) is 11.2. The van der Waals surface area contributed by atoms with Gasteiger partial charge in [0.15, 0.2) is 0 Å². The second-order valence-electron chi connectivity index (χ2n) is 4.38. The Morgan fingerprint density at radius 2 is 1.95 bits per heavy atom. The van der Waals surface area contributed by atoms with Gasteiger partial charge in [-0.2, -0.15) is 0 Å². The Labute approximate surface area is 115 Å². The summed E-state index contributed by atoms with van der Waals surface area (Å²) >= 11 is 5.82. The number of benzene rings is 1. The van der Waals surface area contributed by atoms with E-state index in [1.54, 1.807) is 18.2 Å². The van der Waals surface area contributed by atoms with E-state index in [2.05, 4.69) is 5.32 Å². The highest BCUT2D eigenvalue weighted by Gasteiger charge is 2.30. The van der Waals surface area contributed by atoms with E-state index in [0.29, 0.717) is 10.7 Å². The fourth-order valence-corrected chi connectivity index (χ4v) is 2.13. The zero-order chi connectivity index (χ0) is 14.0. The fourth-order valence-electron chi connectivity index (χ4n) is 1.90. The van der Waals surface area contributed by atoms with Crippen LogP contribution in [0, 0.1) is 6.92 Å². The second-order valence-corrected chi connectivity index (χ2v) is 4.82. The van der Waals surface area contributed by atoms with E-state index in [-0.39, 0.29) is 31.2 Å². The van der Waals surface area contributed by atoms with Crippen LogP contribution in [-0.2, 0) is 14.4 Å². The molecule has 0 atom stereocenters. The lowest BCUT2D eigenvalue weighted by molar-refractivity contribution is -0.141. The van der Waals surface area contributed by atoms with E-state index in [1.165, 1.54) is 0 Å². The van der Waals surface area contributed by atoms with Crippen LogP contribution in [0.4, 0.5) is 5.69 Å². The first-order valence-electron chi connectivity index (χ1n) is 5.86. The Morgan fingerprint density at radius 3 is 2.53 bits per heavy atom. The Kier molecular flexibility index (Phi) is 3.85. The van der Waals surface area contributed by atoms with Crippen molar-refractivity contribution in [3.63, 3.8) is 0 Å². The molecule has 1 N–H and O–H groups in total. The number of imide groups is 1. The Bertz CT molecular complexity index is 541. The van der Waals surface area contributed by atoms with Gasteiger partial charge < -0.3 is 5.32 Å². The van der Waals surface area contributed by atoms with Crippen molar-refractivity contribution in [1.29, 1.82) is 0 Å². The van der Waals surface area contributed by atoms with E-state index >= 15 is 0 Å². The van der Waals surface area contributed by atoms with Crippen LogP contribution in [0.25, 0.3) is 0 Å². The van der Waals surface area contributed by atoms with Crippen molar-refractivity contribution in [2.75, 3.05) is 11.9 Å². The van der Waals surface area contributed by atoms with Crippen molar-refractivity contribution < 1.29 is 14.4 Å². The van der Waals surface area contributed by atoms with Crippen LogP contribution in [0.15, 0.2) is 18.2 Å². The van der Waals surface area contributed by atoms with E-state index < -0.39 is 5.91 Å². The summed E-state index contributed by atoms with van der Waals surface area (Å²) < 4.78 is 0. The van der Waals surface area contributed by atoms with E-state index in [9.17, 15) is 14.4 Å². The van der Waals surface area contributed by atoms with Crippen molar-refractivity contribution in [2.24, 2.45) is 0 Å². The number of carbonyl (C=O) groups is 3. The lowest BCUT2D eigenvalue weighted by Gasteiger charge is -2.14. The predicted molar refractivity (Wildman–Crippen MR) is 70.8 cm³/mol. The average Bonchev–Trinajstić information content (AvgIpc) is 2.65. The van der Waals surface area contributed by atoms with Gasteiger partial charge >= 0.3 is 0 Å². The smallest absolute Gasteiger partial charge is 0.244 e. The highest BCUT2D eigenvalue weighted by Crippen LogP contribution is 2.19. The maximum Gasteiger partial charge on any atom is 0.244 e. The summed E-state index contributed by atoms with van der Waals surface area (Å²) in [6.45, 7) is 1.58. The molecule has 0 saturated carbocycles. The number of halogens is 1. The van der Waals surface area contributed by atoms with Crippen molar-refractivity contribution in [3.8, 4) is 0 Å². The van der Waals surface area contributed by atoms with Gasteiger partial charge in [-0.1, -0.05) is 11.6 Å². The van der Waals surface area contributed by atoms with E-state index in [4.69, 9.17) is 11.6 Å². The van der Waals surface area contributed by atoms with Crippen LogP contribution in [0.2, 0.25) is 5.02 Å². The third kappa shape index (κ3) is 3.12. The number of carbonyl (C=O) groups excluding carboxylic acids is 3. The fraction of sp³-hybridized carbons (Fsp3) is 0.308. The number of hydrogen-bond donors (Lipinski definition) is 1. The number of nitrogens with one attached hydrogen (secondary N) is 1. The third-order valence-corrected chi connectivity index (χ3v) is 3.15. The first kappa shape index (κ1) is 13.5. The number of likely N-dealkylation sites (tertiary alicyclic amines) is 1. The van der Waals surface area contributed by atoms with E-state index in [1.807, 2.05) is 6.92 Å². The Balaban J connectivity index is 2.01. The van der Waals surface area contributed by atoms with Gasteiger partial charge in [-0.25, -0.2) is 0 Å². The maximum atomic E-state index is 11.8. The van der Waals surface area contributed by atoms with E-state index in [0.717, 1.165) is 10.5 Å². The number of hydrogen-bond acceptors (Lipinski definition) is 3. The second kappa shape index (κ2) is 5.40. The molecule has 1 fully saturated rings. The van der Waals surface area contributed by atoms with Gasteiger partial charge in [0.2, 0.25) is 17.7 Å². The molecule has 2 rings (SSSR count). The molecule has 0 spiro atoms. The summed E-state index contributed by atoms with van der Waals surface area (Å²) in [6, 6.07) is 5.07. The van der Waals surface area contributed by atoms with Crippen molar-refractivity contribution in [1.82, 2.24) is 4.90 Å². The summed E-state index contributed by atoms with van der Waals surface area (Å²) in [7, 11) is 0. The van der Waals surface area contributed by atoms with Crippen molar-refractivity contribution in [3.05, 3.63) is 28.8 Å². The molecule has 1 saturated heterocycles. The quantitative estimate of drug-likeness (QED) is 0.858. The minimum absolute atomic E-state index is 0.187. The molecule has 0 bridgehead atoms. The SMILES string of the molecule is Cc1cc(Cl)ccc1NC(=O)CN1C(=O)CCC1=O. The molecule has 0 radical (unpaired) electrons. The number of aryl methyl sites for hydroxylation is 1. The molecule has 100 valence electrons. The highest BCUT2D eigenvalue weighted by atomic mass is 35.5. The molecule has 1 aromatic carbocycles. The molecule has 0 aliphatic carbocycles. The first-order valence-corrected chi connectivity index (χ1v) is 6.24. The van der Waals surface area contributed by atoms with Gasteiger partial charge in [-0.15, -0.1) is 0 Å². The molecule has 1 aliphatic rings. The minimum atomic E-state index is -0.394. The number of rotatable bonds is 3. The lowest BCUT2D eigenvalue weighted by Crippen LogP contribution is -2.36. The van der Waals surface area contributed by atoms with Crippen molar-refractivity contribution >= 4 is 35.0 Å². The standard InChI is InChI=1S/C13H13ClN2O3/c1-8-6-9(14)2-3-10(8)15-11(17)7-16-12(18)4-5-13(16)19/h2-3,6H,4-5,7H2,1H3,(H,15,17). The molecule has 3 amide bonds. The van der Waals surface area contributed by atoms with Gasteiger partial charge in [-0.05, 0) is 30.7 Å². The molecule has 1 heterocycles. The number of anilines is 1. The monoisotopic (exact) mass is 280 g/mol. The molecule has 1 aliphatic heterocycles. The summed E-state index contributed by atoms with van der Waals surface area (Å²) in [5.41, 5.74) is 1.44. The summed E-state index contributed by atoms with van der Waals surface area (Å²) in [4.78, 5) is 35.6. The maximum absolute atomic E-state index is 11.8. The van der Waals surface area contributed by atoms with Gasteiger partial charge in [-0.3, -0.25) is 19.3 Å². The molecule has 1 aromatic rings. The summed E-state index contributed by atoms with van der Waals surface area (Å²) in [5, 5.41) is 3.25. The molecule has 5 nitrogen and oxygen atoms in total. The topological polar surface area (TPSA) is 66.5 Å². The normalized spacial score (nSPS) is 14.9. The molecule has 0 aromatic heterocycles. The first-order chi connectivity index (χ1) is 8.97. The van der Waals surface area contributed by atoms with Crippen LogP contribution in [0.1, 0.15) is 18.4 Å². The Morgan fingerprint density at radius 1 is 1.32 bits per heavy atom. The van der Waals surface area contributed by atoms with Gasteiger partial charge in [0.1, 0.15) is 6.54 Å². The van der Waals surface area contributed by atoms with Crippen LogP contribution in [0.3, 0.4) is 0 Å². The number of nitrogens with zero attached hydrogens (tertiary/aromatic N) is 1. The minimum Gasteiger partial charge on any atom is -0.324 e. The van der Waals surface area contributed by atoms with Gasteiger partial charge in [0.05, 0.1) is 0 Å². The zero-order valence-electron chi connectivity index (χ0n) is 10.4. The van der Waals surface area contributed by atoms with Gasteiger partial charge in [0, 0.05) is 23.6 Å². The van der Waals surface area contributed by atoms with Crippen LogP contribution < -0.4 is 5.32 Å². The van der Waals surface area contributed by atoms with Crippen molar-refractivity contribution in [2.45, 2.75) is 19.8 Å². The summed E-state index contributed by atoms with van der Waals surface area (Å²) in [5.74, 6) is -0.991. The lowest BCUT2D eigenvalue weighted by atomic mass is 10.2. The van der Waals surface area contributed by atoms with Crippen LogP contribution >= 0.6 is 11.6 Å². The van der Waals surface area contributed by atoms with Crippen LogP contribution in [-0.4, -0.2) is 29.2 Å². The third-order valence-electron chi connectivity index (χ3n) is 2.92. The molecule has 19 heavy (non-hydrogen) atoms. The molecule has 6 heteroatoms. The molecular formula is C13H13ClN2O3. The average molecular weight is 281 g/mol. The van der Waals surface area contributed by atoms with Crippen LogP contribution in [0.5, 0.6) is 0 Å². The molecular weight excluding hydrogens is 268 g/mol. The summed E-state index contributed by atoms with van der Waals surface area (Å²) in [6.07, 6.45) is 0.373.